The Morgan fingerprint density at radius 1 is 1.13 bits per heavy atom. The number of halogens is 5. The number of hydrogen-bond acceptors (Lipinski definition) is 7. The number of hydrazine groups is 2. The molecule has 2 aromatic carbocycles. The molecule has 3 rings (SSSR count). The third-order valence-electron chi connectivity index (χ3n) is 3.90. The zero-order valence-corrected chi connectivity index (χ0v) is 16.2. The quantitative estimate of drug-likeness (QED) is 0.511. The van der Waals surface area contributed by atoms with Gasteiger partial charge in [-0.15, -0.1) is 10.6 Å². The minimum atomic E-state index is -3.28. The van der Waals surface area contributed by atoms with Crippen LogP contribution in [0.3, 0.4) is 0 Å². The third-order valence-corrected chi connectivity index (χ3v) is 4.29. The summed E-state index contributed by atoms with van der Waals surface area (Å²) in [5.74, 6) is -4.56. The van der Waals surface area contributed by atoms with Gasteiger partial charge in [-0.3, -0.25) is 19.9 Å². The molecule has 9 nitrogen and oxygen atoms in total. The third kappa shape index (κ3) is 4.95. The van der Waals surface area contributed by atoms with Crippen LogP contribution in [0.15, 0.2) is 35.4 Å². The number of carbonyl (C=O) groups is 2. The van der Waals surface area contributed by atoms with E-state index in [1.807, 2.05) is 0 Å². The van der Waals surface area contributed by atoms with Gasteiger partial charge in [0.1, 0.15) is 17.3 Å². The summed E-state index contributed by atoms with van der Waals surface area (Å²) in [6.45, 7) is -3.28. The molecule has 0 saturated heterocycles. The van der Waals surface area contributed by atoms with E-state index in [4.69, 9.17) is 11.6 Å². The molecular weight excluding hydrogens is 448 g/mol. The number of guanidine groups is 1. The van der Waals surface area contributed by atoms with E-state index in [2.05, 4.69) is 31.5 Å². The summed E-state index contributed by atoms with van der Waals surface area (Å²) in [5.41, 5.74) is 3.59. The Labute approximate surface area is 176 Å². The minimum Gasteiger partial charge on any atom is -0.433 e. The van der Waals surface area contributed by atoms with E-state index in [0.29, 0.717) is 6.07 Å². The smallest absolute Gasteiger partial charge is 0.387 e. The Hall–Kier alpha value is -3.58. The maximum atomic E-state index is 13.9. The number of anilines is 1. The maximum Gasteiger partial charge on any atom is 0.387 e. The van der Waals surface area contributed by atoms with Crippen molar-refractivity contribution in [2.24, 2.45) is 5.10 Å². The summed E-state index contributed by atoms with van der Waals surface area (Å²) < 4.78 is 56.9. The van der Waals surface area contributed by atoms with E-state index in [0.717, 1.165) is 24.3 Å². The van der Waals surface area contributed by atoms with E-state index in [1.54, 1.807) is 0 Å². The molecule has 1 aliphatic heterocycles. The minimum absolute atomic E-state index is 0.0629. The van der Waals surface area contributed by atoms with Crippen LogP contribution in [0.2, 0.25) is 5.02 Å². The predicted octanol–water partition coefficient (Wildman–Crippen LogP) is 2.43. The highest BCUT2D eigenvalue weighted by Gasteiger charge is 2.24. The number of ether oxygens (including phenoxy) is 1. The van der Waals surface area contributed by atoms with E-state index in [-0.39, 0.29) is 11.5 Å². The fourth-order valence-electron chi connectivity index (χ4n) is 2.46. The molecule has 0 saturated carbocycles. The first-order valence-corrected chi connectivity index (χ1v) is 8.72. The lowest BCUT2D eigenvalue weighted by molar-refractivity contribution is -0.0493. The summed E-state index contributed by atoms with van der Waals surface area (Å²) in [6.07, 6.45) is 0. The van der Waals surface area contributed by atoms with E-state index in [1.165, 1.54) is 12.1 Å². The fourth-order valence-corrected chi connectivity index (χ4v) is 2.75. The Balaban J connectivity index is 1.95. The Kier molecular flexibility index (Phi) is 6.46. The first-order valence-electron chi connectivity index (χ1n) is 8.34. The number of nitrogens with one attached hydrogen (secondary N) is 4. The van der Waals surface area contributed by atoms with Crippen molar-refractivity contribution in [1.29, 1.82) is 0 Å². The number of alkyl halides is 2. The van der Waals surface area contributed by atoms with Crippen LogP contribution < -0.4 is 26.4 Å². The summed E-state index contributed by atoms with van der Waals surface area (Å²) in [4.78, 5) is 25.0. The largest absolute Gasteiger partial charge is 0.433 e. The highest BCUT2D eigenvalue weighted by Crippen LogP contribution is 2.37. The molecular formula is C17H13ClF4N6O3. The van der Waals surface area contributed by atoms with Gasteiger partial charge in [-0.25, -0.2) is 14.3 Å². The molecule has 0 unspecified atom stereocenters. The van der Waals surface area contributed by atoms with Crippen LogP contribution in [-0.2, 0) is 0 Å². The molecule has 14 heteroatoms. The van der Waals surface area contributed by atoms with Gasteiger partial charge < -0.3 is 10.1 Å². The first kappa shape index (κ1) is 22.1. The highest BCUT2D eigenvalue weighted by atomic mass is 35.5. The number of nitrogens with zero attached hydrogens (tertiary/aromatic N) is 2. The van der Waals surface area contributed by atoms with Crippen molar-refractivity contribution in [3.8, 4) is 5.75 Å². The number of hydrogen-bond donors (Lipinski definition) is 4. The lowest BCUT2D eigenvalue weighted by Crippen LogP contribution is -2.45. The Morgan fingerprint density at radius 2 is 1.81 bits per heavy atom. The van der Waals surface area contributed by atoms with Gasteiger partial charge in [-0.2, -0.15) is 8.78 Å². The van der Waals surface area contributed by atoms with Crippen molar-refractivity contribution >= 4 is 35.1 Å². The highest BCUT2D eigenvalue weighted by molar-refractivity contribution is 6.37. The summed E-state index contributed by atoms with van der Waals surface area (Å²) in [7, 11) is 1.53. The molecule has 1 aliphatic rings. The van der Waals surface area contributed by atoms with E-state index in [9.17, 15) is 27.2 Å². The maximum absolute atomic E-state index is 13.9. The van der Waals surface area contributed by atoms with Crippen LogP contribution in [0.1, 0.15) is 20.7 Å². The lowest BCUT2D eigenvalue weighted by atomic mass is 10.1. The molecule has 0 spiro atoms. The molecule has 164 valence electrons. The van der Waals surface area contributed by atoms with Crippen molar-refractivity contribution in [3.63, 3.8) is 0 Å². The SMILES string of the molecule is CN1NNN=C1NC(=O)c1ccc(OC(F)F)c(NC(=O)c2ccc(F)cc2F)c1Cl. The van der Waals surface area contributed by atoms with Gasteiger partial charge in [0.15, 0.2) is 5.75 Å². The summed E-state index contributed by atoms with van der Waals surface area (Å²) in [6, 6.07) is 4.21. The van der Waals surface area contributed by atoms with E-state index >= 15 is 0 Å². The van der Waals surface area contributed by atoms with Crippen LogP contribution in [0.4, 0.5) is 23.2 Å². The standard InChI is InChI=1S/C17H13ClF4N6O3/c1-28-17(25-26-27-28)24-15(30)9-4-5-11(31-16(21)22)13(12(9)18)23-14(29)8-3-2-7(19)6-10(8)20/h2-6,16,26-27H,1H3,(H,23,29)(H,24,25,30). The molecule has 0 aromatic heterocycles. The van der Waals surface area contributed by atoms with Crippen molar-refractivity contribution in [1.82, 2.24) is 21.4 Å². The zero-order chi connectivity index (χ0) is 22.7. The van der Waals surface area contributed by atoms with E-state index < -0.39 is 52.1 Å². The van der Waals surface area contributed by atoms with Gasteiger partial charge >= 0.3 is 6.61 Å². The number of rotatable bonds is 5. The molecule has 0 aliphatic carbocycles. The molecule has 31 heavy (non-hydrogen) atoms. The second-order valence-corrected chi connectivity index (χ2v) is 6.31. The van der Waals surface area contributed by atoms with Crippen LogP contribution >= 0.6 is 11.6 Å². The second-order valence-electron chi connectivity index (χ2n) is 5.93. The Bertz CT molecular complexity index is 1070. The molecule has 2 aromatic rings. The van der Waals surface area contributed by atoms with Crippen LogP contribution in [0, 0.1) is 11.6 Å². The van der Waals surface area contributed by atoms with Crippen LogP contribution in [-0.4, -0.2) is 36.4 Å². The van der Waals surface area contributed by atoms with Crippen LogP contribution in [0.5, 0.6) is 5.75 Å². The van der Waals surface area contributed by atoms with Gasteiger partial charge in [0.05, 0.1) is 16.1 Å². The molecule has 4 N–H and O–H groups in total. The summed E-state index contributed by atoms with van der Waals surface area (Å²) in [5, 5.41) is 9.11. The number of carbonyl (C=O) groups excluding carboxylic acids is 2. The normalized spacial score (nSPS) is 13.0. The average molecular weight is 461 g/mol. The second kappa shape index (κ2) is 9.06. The van der Waals surface area contributed by atoms with Crippen molar-refractivity contribution < 1.29 is 31.9 Å². The number of hydrazone groups is 1. The van der Waals surface area contributed by atoms with Gasteiger partial charge in [0.2, 0.25) is 5.96 Å². The first-order chi connectivity index (χ1) is 14.7. The average Bonchev–Trinajstić information content (AvgIpc) is 3.08. The molecule has 1 heterocycles. The van der Waals surface area contributed by atoms with Gasteiger partial charge in [-0.1, -0.05) is 11.6 Å². The molecule has 2 amide bonds. The van der Waals surface area contributed by atoms with Gasteiger partial charge in [0.25, 0.3) is 11.8 Å². The predicted molar refractivity (Wildman–Crippen MR) is 101 cm³/mol. The Morgan fingerprint density at radius 3 is 2.42 bits per heavy atom. The lowest BCUT2D eigenvalue weighted by Gasteiger charge is -2.17. The van der Waals surface area contributed by atoms with Crippen molar-refractivity contribution in [3.05, 3.63) is 58.1 Å². The van der Waals surface area contributed by atoms with Crippen molar-refractivity contribution in [2.75, 3.05) is 12.4 Å². The zero-order valence-electron chi connectivity index (χ0n) is 15.5. The molecule has 0 radical (unpaired) electrons. The monoisotopic (exact) mass is 460 g/mol. The fraction of sp³-hybridized carbons (Fsp3) is 0.118. The van der Waals surface area contributed by atoms with Crippen molar-refractivity contribution in [2.45, 2.75) is 6.61 Å². The molecule has 0 bridgehead atoms. The topological polar surface area (TPSA) is 107 Å². The van der Waals surface area contributed by atoms with Gasteiger partial charge in [0, 0.05) is 13.1 Å². The summed E-state index contributed by atoms with van der Waals surface area (Å²) >= 11 is 6.17. The van der Waals surface area contributed by atoms with Gasteiger partial charge in [-0.05, 0) is 24.3 Å². The molecule has 0 fully saturated rings. The number of amides is 2. The van der Waals surface area contributed by atoms with Crippen LogP contribution in [0.25, 0.3) is 0 Å². The molecule has 0 atom stereocenters. The number of benzene rings is 2.